The zero-order valence-corrected chi connectivity index (χ0v) is 12.0. The largest absolute Gasteiger partial charge is 0.506 e. The van der Waals surface area contributed by atoms with Gasteiger partial charge in [-0.2, -0.15) is 0 Å². The number of phenols is 1. The molecule has 20 heavy (non-hydrogen) atoms. The summed E-state index contributed by atoms with van der Waals surface area (Å²) in [5, 5.41) is 15.9. The number of benzene rings is 1. The van der Waals surface area contributed by atoms with E-state index >= 15 is 0 Å². The van der Waals surface area contributed by atoms with Crippen LogP contribution in [-0.2, 0) is 11.2 Å². The first-order valence-corrected chi connectivity index (χ1v) is 7.24. The highest BCUT2D eigenvalue weighted by Crippen LogP contribution is 2.24. The second kappa shape index (κ2) is 7.26. The molecule has 0 spiro atoms. The van der Waals surface area contributed by atoms with Gasteiger partial charge in [0.05, 0.1) is 12.2 Å². The van der Waals surface area contributed by atoms with Crippen LogP contribution in [0.5, 0.6) is 5.75 Å². The molecule has 3 N–H and O–H groups in total. The molecule has 0 aromatic heterocycles. The van der Waals surface area contributed by atoms with Crippen molar-refractivity contribution in [1.82, 2.24) is 10.2 Å². The van der Waals surface area contributed by atoms with Crippen molar-refractivity contribution in [2.45, 2.75) is 19.8 Å². The first-order chi connectivity index (χ1) is 9.69. The maximum Gasteiger partial charge on any atom is 0.238 e. The average molecular weight is 277 g/mol. The summed E-state index contributed by atoms with van der Waals surface area (Å²) >= 11 is 0. The third-order valence-corrected chi connectivity index (χ3v) is 3.54. The van der Waals surface area contributed by atoms with Gasteiger partial charge in [0.2, 0.25) is 5.91 Å². The zero-order valence-electron chi connectivity index (χ0n) is 12.0. The highest BCUT2D eigenvalue weighted by Gasteiger charge is 2.14. The first kappa shape index (κ1) is 14.8. The highest BCUT2D eigenvalue weighted by molar-refractivity contribution is 5.93. The number of carbonyl (C=O) groups excluding carboxylic acids is 1. The van der Waals surface area contributed by atoms with Gasteiger partial charge in [-0.15, -0.1) is 0 Å². The van der Waals surface area contributed by atoms with Gasteiger partial charge in [-0.1, -0.05) is 13.0 Å². The average Bonchev–Trinajstić information content (AvgIpc) is 2.70. The number of amides is 1. The van der Waals surface area contributed by atoms with Gasteiger partial charge in [-0.3, -0.25) is 9.69 Å². The zero-order chi connectivity index (χ0) is 14.4. The van der Waals surface area contributed by atoms with E-state index in [1.165, 1.54) is 0 Å². The number of carbonyl (C=O) groups is 1. The van der Waals surface area contributed by atoms with Crippen LogP contribution in [0.3, 0.4) is 0 Å². The molecule has 1 aromatic carbocycles. The van der Waals surface area contributed by atoms with Crippen LogP contribution in [0.2, 0.25) is 0 Å². The van der Waals surface area contributed by atoms with Gasteiger partial charge in [0, 0.05) is 13.1 Å². The normalized spacial score (nSPS) is 16.6. The van der Waals surface area contributed by atoms with Crippen LogP contribution in [0.1, 0.15) is 18.9 Å². The number of aryl methyl sites for hydroxylation is 1. The van der Waals surface area contributed by atoms with Gasteiger partial charge in [0.1, 0.15) is 5.75 Å². The lowest BCUT2D eigenvalue weighted by atomic mass is 10.1. The third kappa shape index (κ3) is 4.21. The fourth-order valence-corrected chi connectivity index (χ4v) is 2.36. The molecule has 0 unspecified atom stereocenters. The molecule has 1 aliphatic heterocycles. The van der Waals surface area contributed by atoms with Gasteiger partial charge < -0.3 is 15.7 Å². The SMILES string of the molecule is CCc1ccc(O)c(NC(=O)CN2CCCNCC2)c1. The fourth-order valence-electron chi connectivity index (χ4n) is 2.36. The minimum absolute atomic E-state index is 0.0737. The van der Waals surface area contributed by atoms with Crippen LogP contribution >= 0.6 is 0 Å². The Hall–Kier alpha value is -1.59. The molecule has 1 heterocycles. The van der Waals surface area contributed by atoms with Crippen LogP contribution < -0.4 is 10.6 Å². The standard InChI is InChI=1S/C15H23N3O2/c1-2-12-4-5-14(19)13(10-12)17-15(20)11-18-8-3-6-16-7-9-18/h4-5,10,16,19H,2-3,6-9,11H2,1H3,(H,17,20). The minimum atomic E-state index is -0.0737. The van der Waals surface area contributed by atoms with Gasteiger partial charge in [-0.05, 0) is 43.6 Å². The molecule has 0 bridgehead atoms. The molecule has 1 saturated heterocycles. The van der Waals surface area contributed by atoms with Crippen molar-refractivity contribution < 1.29 is 9.90 Å². The Morgan fingerprint density at radius 2 is 2.25 bits per heavy atom. The third-order valence-electron chi connectivity index (χ3n) is 3.54. The van der Waals surface area contributed by atoms with Crippen LogP contribution in [0.15, 0.2) is 18.2 Å². The summed E-state index contributed by atoms with van der Waals surface area (Å²) in [6.07, 6.45) is 1.94. The predicted molar refractivity (Wildman–Crippen MR) is 80.0 cm³/mol. The van der Waals surface area contributed by atoms with E-state index in [4.69, 9.17) is 0 Å². The van der Waals surface area contributed by atoms with Crippen LogP contribution in [-0.4, -0.2) is 48.6 Å². The smallest absolute Gasteiger partial charge is 0.238 e. The molecule has 5 heteroatoms. The number of hydrogen-bond donors (Lipinski definition) is 3. The van der Waals surface area contributed by atoms with Crippen LogP contribution in [0.25, 0.3) is 0 Å². The molecule has 0 radical (unpaired) electrons. The van der Waals surface area contributed by atoms with Crippen molar-refractivity contribution in [3.05, 3.63) is 23.8 Å². The minimum Gasteiger partial charge on any atom is -0.506 e. The van der Waals surface area contributed by atoms with Crippen molar-refractivity contribution in [2.75, 3.05) is 38.0 Å². The van der Waals surface area contributed by atoms with Gasteiger partial charge in [-0.25, -0.2) is 0 Å². The van der Waals surface area contributed by atoms with E-state index in [1.54, 1.807) is 6.07 Å². The highest BCUT2D eigenvalue weighted by atomic mass is 16.3. The lowest BCUT2D eigenvalue weighted by Gasteiger charge is -2.19. The Morgan fingerprint density at radius 3 is 3.05 bits per heavy atom. The molecule has 0 atom stereocenters. The summed E-state index contributed by atoms with van der Waals surface area (Å²) < 4.78 is 0. The first-order valence-electron chi connectivity index (χ1n) is 7.24. The van der Waals surface area contributed by atoms with Gasteiger partial charge >= 0.3 is 0 Å². The summed E-state index contributed by atoms with van der Waals surface area (Å²) in [5.41, 5.74) is 1.60. The van der Waals surface area contributed by atoms with Crippen LogP contribution in [0, 0.1) is 0 Å². The van der Waals surface area contributed by atoms with E-state index in [2.05, 4.69) is 15.5 Å². The van der Waals surface area contributed by atoms with E-state index < -0.39 is 0 Å². The van der Waals surface area contributed by atoms with Crippen LogP contribution in [0.4, 0.5) is 5.69 Å². The second-order valence-corrected chi connectivity index (χ2v) is 5.13. The van der Waals surface area contributed by atoms with Gasteiger partial charge in [0.15, 0.2) is 0 Å². The Labute approximate surface area is 120 Å². The molecule has 5 nitrogen and oxygen atoms in total. The Bertz CT molecular complexity index is 454. The molecule has 1 fully saturated rings. The second-order valence-electron chi connectivity index (χ2n) is 5.13. The van der Waals surface area contributed by atoms with E-state index in [1.807, 2.05) is 19.1 Å². The van der Waals surface area contributed by atoms with E-state index in [0.717, 1.165) is 44.6 Å². The lowest BCUT2D eigenvalue weighted by molar-refractivity contribution is -0.117. The number of nitrogens with one attached hydrogen (secondary N) is 2. The number of anilines is 1. The van der Waals surface area contributed by atoms with Crippen molar-refractivity contribution in [2.24, 2.45) is 0 Å². The summed E-state index contributed by atoms with van der Waals surface area (Å²) in [7, 11) is 0. The fraction of sp³-hybridized carbons (Fsp3) is 0.533. The Balaban J connectivity index is 1.93. The van der Waals surface area contributed by atoms with E-state index in [-0.39, 0.29) is 11.7 Å². The number of nitrogens with zero attached hydrogens (tertiary/aromatic N) is 1. The maximum absolute atomic E-state index is 12.1. The topological polar surface area (TPSA) is 64.6 Å². The van der Waals surface area contributed by atoms with Gasteiger partial charge in [0.25, 0.3) is 0 Å². The number of rotatable bonds is 4. The summed E-state index contributed by atoms with van der Waals surface area (Å²) in [6, 6.07) is 5.33. The maximum atomic E-state index is 12.1. The summed E-state index contributed by atoms with van der Waals surface area (Å²) in [4.78, 5) is 14.2. The van der Waals surface area contributed by atoms with Crippen molar-refractivity contribution >= 4 is 11.6 Å². The lowest BCUT2D eigenvalue weighted by Crippen LogP contribution is -2.35. The molecular weight excluding hydrogens is 254 g/mol. The summed E-state index contributed by atoms with van der Waals surface area (Å²) in [6.45, 7) is 6.16. The molecule has 110 valence electrons. The Kier molecular flexibility index (Phi) is 5.38. The molecule has 1 aromatic rings. The molecule has 2 rings (SSSR count). The summed E-state index contributed by atoms with van der Waals surface area (Å²) in [5.74, 6) is 0.0449. The Morgan fingerprint density at radius 1 is 1.40 bits per heavy atom. The number of phenolic OH excluding ortho intramolecular Hbond substituents is 1. The van der Waals surface area contributed by atoms with Crippen molar-refractivity contribution in [3.8, 4) is 5.75 Å². The number of hydrogen-bond acceptors (Lipinski definition) is 4. The molecular formula is C15H23N3O2. The predicted octanol–water partition coefficient (Wildman–Crippen LogP) is 1.19. The molecule has 0 aliphatic carbocycles. The van der Waals surface area contributed by atoms with Crippen molar-refractivity contribution in [1.29, 1.82) is 0 Å². The molecule has 1 aliphatic rings. The van der Waals surface area contributed by atoms with E-state index in [0.29, 0.717) is 12.2 Å². The quantitative estimate of drug-likeness (QED) is 0.723. The van der Waals surface area contributed by atoms with E-state index in [9.17, 15) is 9.90 Å². The monoisotopic (exact) mass is 277 g/mol. The van der Waals surface area contributed by atoms with Crippen molar-refractivity contribution in [3.63, 3.8) is 0 Å². The molecule has 0 saturated carbocycles. The number of aromatic hydroxyl groups is 1. The molecule has 1 amide bonds.